The molecule has 0 saturated heterocycles. The van der Waals surface area contributed by atoms with Crippen LogP contribution in [0.1, 0.15) is 61.3 Å². The minimum absolute atomic E-state index is 0.0177. The van der Waals surface area contributed by atoms with E-state index >= 15 is 0 Å². The van der Waals surface area contributed by atoms with Gasteiger partial charge in [-0.05, 0) is 24.7 Å². The van der Waals surface area contributed by atoms with Crippen LogP contribution in [0.25, 0.3) is 0 Å². The molecule has 4 N–H and O–H groups in total. The number of benzene rings is 2. The van der Waals surface area contributed by atoms with Crippen LogP contribution in [0, 0.1) is 52.3 Å². The van der Waals surface area contributed by atoms with Crippen molar-refractivity contribution in [1.29, 1.82) is 0 Å². The van der Waals surface area contributed by atoms with Gasteiger partial charge in [0, 0.05) is 24.3 Å². The first-order valence-corrected chi connectivity index (χ1v) is 13.2. The van der Waals surface area contributed by atoms with Crippen molar-refractivity contribution in [3.8, 4) is 0 Å². The molecule has 2 atom stereocenters. The third-order valence-corrected chi connectivity index (χ3v) is 5.79. The SMILES string of the molecule is CC(C)C[C@@H](NC(=O)c1cc([N+](=O)[O-])cc([N+](=O)[O-])c1)C(=O)O.CC(C)C[C@@H](NC(=O)c1cc([N+](=O)[O-])cc([N+](=O)[O-])c1)C(=O)O. The average molecular weight is 651 g/mol. The molecule has 0 spiro atoms. The third-order valence-electron chi connectivity index (χ3n) is 5.79. The first-order valence-electron chi connectivity index (χ1n) is 13.2. The van der Waals surface area contributed by atoms with Gasteiger partial charge in [-0.2, -0.15) is 0 Å². The summed E-state index contributed by atoms with van der Waals surface area (Å²) < 4.78 is 0. The molecular formula is C26H30N6O14. The van der Waals surface area contributed by atoms with Crippen LogP contribution in [0.4, 0.5) is 22.7 Å². The molecule has 2 amide bonds. The van der Waals surface area contributed by atoms with Crippen LogP contribution in [0.3, 0.4) is 0 Å². The Morgan fingerprint density at radius 2 is 0.804 bits per heavy atom. The van der Waals surface area contributed by atoms with E-state index in [0.29, 0.717) is 0 Å². The summed E-state index contributed by atoms with van der Waals surface area (Å²) in [6, 6.07) is 2.49. The van der Waals surface area contributed by atoms with Gasteiger partial charge in [0.25, 0.3) is 34.6 Å². The number of nitrogens with zero attached hydrogens (tertiary/aromatic N) is 4. The lowest BCUT2D eigenvalue weighted by Gasteiger charge is -2.16. The summed E-state index contributed by atoms with van der Waals surface area (Å²) in [7, 11) is 0. The number of non-ortho nitro benzene ring substituents is 4. The van der Waals surface area contributed by atoms with E-state index in [1.165, 1.54) is 0 Å². The minimum Gasteiger partial charge on any atom is -0.480 e. The summed E-state index contributed by atoms with van der Waals surface area (Å²) in [5, 5.41) is 65.7. The molecule has 0 heterocycles. The lowest BCUT2D eigenvalue weighted by Crippen LogP contribution is -2.41. The fraction of sp³-hybridized carbons (Fsp3) is 0.385. The van der Waals surface area contributed by atoms with Crippen LogP contribution in [-0.2, 0) is 9.59 Å². The highest BCUT2D eigenvalue weighted by Gasteiger charge is 2.26. The fourth-order valence-corrected chi connectivity index (χ4v) is 3.74. The number of amides is 2. The summed E-state index contributed by atoms with van der Waals surface area (Å²) in [5.41, 5.74) is -3.19. The van der Waals surface area contributed by atoms with E-state index in [9.17, 15) is 59.6 Å². The highest BCUT2D eigenvalue weighted by molar-refractivity contribution is 5.98. The van der Waals surface area contributed by atoms with E-state index < -0.39 is 78.3 Å². The Labute approximate surface area is 259 Å². The maximum Gasteiger partial charge on any atom is 0.326 e. The Bertz CT molecular complexity index is 1360. The highest BCUT2D eigenvalue weighted by atomic mass is 16.6. The number of nitro benzene ring substituents is 4. The summed E-state index contributed by atoms with van der Waals surface area (Å²) in [6.07, 6.45) is 0.302. The molecule has 0 bridgehead atoms. The maximum absolute atomic E-state index is 12.1. The van der Waals surface area contributed by atoms with Gasteiger partial charge in [-0.1, -0.05) is 27.7 Å². The Morgan fingerprint density at radius 1 is 0.565 bits per heavy atom. The van der Waals surface area contributed by atoms with Gasteiger partial charge in [-0.25, -0.2) is 9.59 Å². The second-order valence-corrected chi connectivity index (χ2v) is 10.5. The van der Waals surface area contributed by atoms with Gasteiger partial charge in [0.15, 0.2) is 0 Å². The highest BCUT2D eigenvalue weighted by Crippen LogP contribution is 2.24. The van der Waals surface area contributed by atoms with Crippen molar-refractivity contribution in [2.75, 3.05) is 0 Å². The van der Waals surface area contributed by atoms with E-state index in [1.54, 1.807) is 27.7 Å². The van der Waals surface area contributed by atoms with Gasteiger partial charge < -0.3 is 20.8 Å². The van der Waals surface area contributed by atoms with Crippen LogP contribution in [0.2, 0.25) is 0 Å². The molecule has 46 heavy (non-hydrogen) atoms. The number of aliphatic carboxylic acids is 2. The molecule has 0 unspecified atom stereocenters. The molecule has 0 aromatic heterocycles. The molecular weight excluding hydrogens is 620 g/mol. The topological polar surface area (TPSA) is 305 Å². The van der Waals surface area contributed by atoms with Gasteiger partial charge in [-0.3, -0.25) is 50.0 Å². The van der Waals surface area contributed by atoms with Gasteiger partial charge in [-0.15, -0.1) is 0 Å². The molecule has 2 aromatic carbocycles. The summed E-state index contributed by atoms with van der Waals surface area (Å²) >= 11 is 0. The van der Waals surface area contributed by atoms with E-state index in [2.05, 4.69) is 10.6 Å². The van der Waals surface area contributed by atoms with Crippen LogP contribution in [0.15, 0.2) is 36.4 Å². The third kappa shape index (κ3) is 11.9. The van der Waals surface area contributed by atoms with Crippen LogP contribution in [0.5, 0.6) is 0 Å². The lowest BCUT2D eigenvalue weighted by molar-refractivity contribution is -0.394. The average Bonchev–Trinajstić information content (AvgIpc) is 2.95. The number of carbonyl (C=O) groups is 4. The molecule has 2 aromatic rings. The largest absolute Gasteiger partial charge is 0.480 e. The molecule has 0 aliphatic heterocycles. The second kappa shape index (κ2) is 16.7. The molecule has 0 radical (unpaired) electrons. The molecule has 0 saturated carbocycles. The molecule has 2 rings (SSSR count). The van der Waals surface area contributed by atoms with Crippen LogP contribution >= 0.6 is 0 Å². The molecule has 0 aliphatic rings. The number of nitro groups is 4. The standard InChI is InChI=1S/2C13H15N3O7/c2*1-7(2)3-11(13(18)19)14-12(17)8-4-9(15(20)21)6-10(5-8)16(22)23/h2*4-7,11H,3H2,1-2H3,(H,14,17)(H,18,19)/t2*11-/m11/s1. The van der Waals surface area contributed by atoms with Crippen LogP contribution in [-0.4, -0.2) is 65.7 Å². The van der Waals surface area contributed by atoms with Gasteiger partial charge in [0.2, 0.25) is 0 Å². The molecule has 0 aliphatic carbocycles. The number of hydrogen-bond acceptors (Lipinski definition) is 12. The first-order chi connectivity index (χ1) is 21.2. The second-order valence-electron chi connectivity index (χ2n) is 10.5. The van der Waals surface area contributed by atoms with E-state index in [1.807, 2.05) is 0 Å². The Morgan fingerprint density at radius 3 is 0.978 bits per heavy atom. The normalized spacial score (nSPS) is 11.8. The zero-order chi connectivity index (χ0) is 35.5. The monoisotopic (exact) mass is 650 g/mol. The number of carbonyl (C=O) groups excluding carboxylic acids is 2. The van der Waals surface area contributed by atoms with Gasteiger partial charge in [0.05, 0.1) is 43.0 Å². The van der Waals surface area contributed by atoms with Crippen molar-refractivity contribution in [3.05, 3.63) is 88.0 Å². The lowest BCUT2D eigenvalue weighted by atomic mass is 10.0. The number of rotatable bonds is 14. The van der Waals surface area contributed by atoms with E-state index in [4.69, 9.17) is 10.2 Å². The summed E-state index contributed by atoms with van der Waals surface area (Å²) in [6.45, 7) is 7.06. The number of carboxylic acid groups (broad SMARTS) is 2. The molecule has 20 nitrogen and oxygen atoms in total. The number of hydrogen-bond donors (Lipinski definition) is 4. The van der Waals surface area contributed by atoms with Crippen molar-refractivity contribution >= 4 is 46.5 Å². The van der Waals surface area contributed by atoms with Crippen LogP contribution < -0.4 is 10.6 Å². The first kappa shape index (κ1) is 37.9. The van der Waals surface area contributed by atoms with Crippen molar-refractivity contribution in [2.24, 2.45) is 11.8 Å². The maximum atomic E-state index is 12.1. The smallest absolute Gasteiger partial charge is 0.326 e. The molecule has 20 heteroatoms. The Hall–Kier alpha value is -6.08. The Kier molecular flexibility index (Phi) is 13.8. The van der Waals surface area contributed by atoms with Crippen molar-refractivity contribution in [2.45, 2.75) is 52.6 Å². The predicted octanol–water partition coefficient (Wildman–Crippen LogP) is 3.46. The minimum atomic E-state index is -1.26. The molecule has 248 valence electrons. The summed E-state index contributed by atoms with van der Waals surface area (Å²) in [4.78, 5) is 86.0. The fourth-order valence-electron chi connectivity index (χ4n) is 3.74. The van der Waals surface area contributed by atoms with Crippen molar-refractivity contribution in [1.82, 2.24) is 10.6 Å². The van der Waals surface area contributed by atoms with Crippen molar-refractivity contribution < 1.29 is 49.1 Å². The zero-order valence-electron chi connectivity index (χ0n) is 24.8. The number of nitrogens with one attached hydrogen (secondary N) is 2. The van der Waals surface area contributed by atoms with E-state index in [-0.39, 0.29) is 35.8 Å². The van der Waals surface area contributed by atoms with Gasteiger partial charge >= 0.3 is 11.9 Å². The number of carboxylic acids is 2. The Balaban J connectivity index is 0.000000460. The molecule has 0 fully saturated rings. The van der Waals surface area contributed by atoms with Crippen molar-refractivity contribution in [3.63, 3.8) is 0 Å². The van der Waals surface area contributed by atoms with E-state index in [0.717, 1.165) is 36.4 Å². The quantitative estimate of drug-likeness (QED) is 0.168. The van der Waals surface area contributed by atoms with Gasteiger partial charge in [0.1, 0.15) is 12.1 Å². The predicted molar refractivity (Wildman–Crippen MR) is 156 cm³/mol. The summed E-state index contributed by atoms with van der Waals surface area (Å²) in [5.74, 6) is -4.40. The zero-order valence-corrected chi connectivity index (χ0v) is 24.8.